The van der Waals surface area contributed by atoms with Crippen LogP contribution in [-0.2, 0) is 10.3 Å². The molecule has 0 saturated heterocycles. The Hall–Kier alpha value is -0.940. The smallest absolute Gasteiger partial charge is 0.182 e. The quantitative estimate of drug-likeness (QED) is 0.759. The fourth-order valence-electron chi connectivity index (χ4n) is 1.11. The third kappa shape index (κ3) is 1.93. The van der Waals surface area contributed by atoms with Gasteiger partial charge in [0.05, 0.1) is 6.04 Å². The average Bonchev–Trinajstić information content (AvgIpc) is 2.66. The molecule has 1 aromatic rings. The SMILES string of the molecule is CCC(C)(OC)c1n[nH]c(C(C)N)n1. The molecule has 2 unspecified atom stereocenters. The van der Waals surface area contributed by atoms with E-state index in [1.54, 1.807) is 7.11 Å². The van der Waals surface area contributed by atoms with Crippen LogP contribution in [0.25, 0.3) is 0 Å². The van der Waals surface area contributed by atoms with Crippen LogP contribution in [0, 0.1) is 0 Å². The van der Waals surface area contributed by atoms with Gasteiger partial charge >= 0.3 is 0 Å². The summed E-state index contributed by atoms with van der Waals surface area (Å²) in [7, 11) is 1.66. The summed E-state index contributed by atoms with van der Waals surface area (Å²) in [4.78, 5) is 4.31. The molecule has 5 heteroatoms. The molecule has 0 aliphatic heterocycles. The molecule has 1 aromatic heterocycles. The van der Waals surface area contributed by atoms with E-state index in [4.69, 9.17) is 10.5 Å². The minimum absolute atomic E-state index is 0.130. The molecule has 14 heavy (non-hydrogen) atoms. The van der Waals surface area contributed by atoms with Crippen LogP contribution in [0.3, 0.4) is 0 Å². The van der Waals surface area contributed by atoms with Gasteiger partial charge in [-0.1, -0.05) is 6.92 Å². The molecule has 0 radical (unpaired) electrons. The summed E-state index contributed by atoms with van der Waals surface area (Å²) in [5, 5.41) is 6.92. The number of nitrogens with two attached hydrogens (primary N) is 1. The standard InChI is InChI=1S/C9H18N4O/c1-5-9(3,14-4)8-11-7(6(2)10)12-13-8/h6H,5,10H2,1-4H3,(H,11,12,13). The lowest BCUT2D eigenvalue weighted by molar-refractivity contribution is -0.00873. The molecule has 0 aliphatic carbocycles. The highest BCUT2D eigenvalue weighted by molar-refractivity contribution is 5.02. The van der Waals surface area contributed by atoms with Crippen LogP contribution in [0.4, 0.5) is 0 Å². The zero-order valence-corrected chi connectivity index (χ0v) is 9.16. The van der Waals surface area contributed by atoms with E-state index in [0.29, 0.717) is 11.6 Å². The topological polar surface area (TPSA) is 76.8 Å². The van der Waals surface area contributed by atoms with Gasteiger partial charge in [0.2, 0.25) is 0 Å². The Morgan fingerprint density at radius 3 is 2.64 bits per heavy atom. The van der Waals surface area contributed by atoms with Crippen LogP contribution in [0.2, 0.25) is 0 Å². The highest BCUT2D eigenvalue weighted by atomic mass is 16.5. The van der Waals surface area contributed by atoms with E-state index in [2.05, 4.69) is 15.2 Å². The molecule has 2 atom stereocenters. The second-order valence-electron chi connectivity index (χ2n) is 3.62. The number of aromatic amines is 1. The van der Waals surface area contributed by atoms with Crippen LogP contribution < -0.4 is 5.73 Å². The first kappa shape index (κ1) is 11.1. The Morgan fingerprint density at radius 1 is 1.64 bits per heavy atom. The van der Waals surface area contributed by atoms with E-state index in [1.165, 1.54) is 0 Å². The van der Waals surface area contributed by atoms with Crippen molar-refractivity contribution in [2.24, 2.45) is 5.73 Å². The molecule has 0 bridgehead atoms. The number of H-pyrrole nitrogens is 1. The molecule has 5 nitrogen and oxygen atoms in total. The fourth-order valence-corrected chi connectivity index (χ4v) is 1.11. The maximum atomic E-state index is 5.68. The van der Waals surface area contributed by atoms with Gasteiger partial charge in [0.1, 0.15) is 11.4 Å². The molecule has 1 heterocycles. The van der Waals surface area contributed by atoms with Crippen molar-refractivity contribution in [3.8, 4) is 0 Å². The Bertz CT molecular complexity index is 291. The zero-order chi connectivity index (χ0) is 10.8. The first-order valence-corrected chi connectivity index (χ1v) is 4.77. The van der Waals surface area contributed by atoms with Crippen molar-refractivity contribution in [1.82, 2.24) is 15.2 Å². The minimum Gasteiger partial charge on any atom is -0.370 e. The summed E-state index contributed by atoms with van der Waals surface area (Å²) in [6.45, 7) is 5.85. The van der Waals surface area contributed by atoms with E-state index in [-0.39, 0.29) is 6.04 Å². The molecule has 0 aromatic carbocycles. The van der Waals surface area contributed by atoms with E-state index in [0.717, 1.165) is 6.42 Å². The number of ether oxygens (including phenoxy) is 1. The third-order valence-corrected chi connectivity index (χ3v) is 2.53. The Morgan fingerprint density at radius 2 is 2.29 bits per heavy atom. The van der Waals surface area contributed by atoms with Crippen molar-refractivity contribution in [3.63, 3.8) is 0 Å². The van der Waals surface area contributed by atoms with Crippen LogP contribution in [0.1, 0.15) is 44.9 Å². The summed E-state index contributed by atoms with van der Waals surface area (Å²) in [6, 6.07) is -0.130. The van der Waals surface area contributed by atoms with Crippen molar-refractivity contribution in [2.45, 2.75) is 38.8 Å². The number of methoxy groups -OCH3 is 1. The Balaban J connectivity index is 2.95. The van der Waals surface area contributed by atoms with Gasteiger partial charge in [0.15, 0.2) is 5.82 Å². The van der Waals surface area contributed by atoms with Gasteiger partial charge in [-0.2, -0.15) is 5.10 Å². The van der Waals surface area contributed by atoms with Gasteiger partial charge < -0.3 is 10.5 Å². The van der Waals surface area contributed by atoms with Crippen molar-refractivity contribution < 1.29 is 4.74 Å². The van der Waals surface area contributed by atoms with Crippen molar-refractivity contribution in [1.29, 1.82) is 0 Å². The monoisotopic (exact) mass is 198 g/mol. The largest absolute Gasteiger partial charge is 0.370 e. The van der Waals surface area contributed by atoms with Gasteiger partial charge in [0.25, 0.3) is 0 Å². The summed E-state index contributed by atoms with van der Waals surface area (Å²) in [6.07, 6.45) is 0.819. The highest BCUT2D eigenvalue weighted by Gasteiger charge is 2.29. The van der Waals surface area contributed by atoms with E-state index < -0.39 is 5.60 Å². The Labute approximate surface area is 84.1 Å². The highest BCUT2D eigenvalue weighted by Crippen LogP contribution is 2.25. The number of aromatic nitrogens is 3. The second kappa shape index (κ2) is 4.06. The van der Waals surface area contributed by atoms with Gasteiger partial charge in [-0.25, -0.2) is 4.98 Å². The summed E-state index contributed by atoms with van der Waals surface area (Å²) in [5.74, 6) is 1.35. The molecule has 3 N–H and O–H groups in total. The summed E-state index contributed by atoms with van der Waals surface area (Å²) in [5.41, 5.74) is 5.25. The molecular weight excluding hydrogens is 180 g/mol. The van der Waals surface area contributed by atoms with Gasteiger partial charge in [0, 0.05) is 7.11 Å². The van der Waals surface area contributed by atoms with Crippen LogP contribution in [0.15, 0.2) is 0 Å². The van der Waals surface area contributed by atoms with Gasteiger partial charge in [-0.15, -0.1) is 0 Å². The molecule has 0 spiro atoms. The van der Waals surface area contributed by atoms with Crippen molar-refractivity contribution >= 4 is 0 Å². The lowest BCUT2D eigenvalue weighted by Gasteiger charge is -2.22. The maximum Gasteiger partial charge on any atom is 0.182 e. The molecule has 0 amide bonds. The first-order chi connectivity index (χ1) is 6.53. The predicted molar refractivity (Wildman–Crippen MR) is 53.6 cm³/mol. The molecule has 0 aliphatic rings. The molecule has 1 rings (SSSR count). The summed E-state index contributed by atoms with van der Waals surface area (Å²) >= 11 is 0. The summed E-state index contributed by atoms with van der Waals surface area (Å²) < 4.78 is 5.38. The number of nitrogens with one attached hydrogen (secondary N) is 1. The number of nitrogens with zero attached hydrogens (tertiary/aromatic N) is 2. The zero-order valence-electron chi connectivity index (χ0n) is 9.16. The molecule has 0 saturated carbocycles. The average molecular weight is 198 g/mol. The van der Waals surface area contributed by atoms with Crippen LogP contribution in [0.5, 0.6) is 0 Å². The lowest BCUT2D eigenvalue weighted by Crippen LogP contribution is -2.25. The third-order valence-electron chi connectivity index (χ3n) is 2.53. The molecular formula is C9H18N4O. The van der Waals surface area contributed by atoms with E-state index >= 15 is 0 Å². The van der Waals surface area contributed by atoms with Gasteiger partial charge in [-0.05, 0) is 20.3 Å². The van der Waals surface area contributed by atoms with Crippen LogP contribution >= 0.6 is 0 Å². The predicted octanol–water partition coefficient (Wildman–Crippen LogP) is 1.10. The Kier molecular flexibility index (Phi) is 3.23. The number of rotatable bonds is 4. The fraction of sp³-hybridized carbons (Fsp3) is 0.778. The number of hydrogen-bond donors (Lipinski definition) is 2. The molecule has 0 fully saturated rings. The lowest BCUT2D eigenvalue weighted by atomic mass is 10.0. The van der Waals surface area contributed by atoms with E-state index in [1.807, 2.05) is 20.8 Å². The van der Waals surface area contributed by atoms with Gasteiger partial charge in [-0.3, -0.25) is 5.10 Å². The van der Waals surface area contributed by atoms with E-state index in [9.17, 15) is 0 Å². The maximum absolute atomic E-state index is 5.68. The first-order valence-electron chi connectivity index (χ1n) is 4.77. The van der Waals surface area contributed by atoms with Crippen molar-refractivity contribution in [2.75, 3.05) is 7.11 Å². The van der Waals surface area contributed by atoms with Crippen molar-refractivity contribution in [3.05, 3.63) is 11.6 Å². The second-order valence-corrected chi connectivity index (χ2v) is 3.62. The van der Waals surface area contributed by atoms with Crippen LogP contribution in [-0.4, -0.2) is 22.3 Å². The normalized spacial score (nSPS) is 17.8. The minimum atomic E-state index is -0.427. The molecule has 80 valence electrons. The number of hydrogen-bond acceptors (Lipinski definition) is 4.